The van der Waals surface area contributed by atoms with Crippen molar-refractivity contribution in [2.45, 2.75) is 40.0 Å². The van der Waals surface area contributed by atoms with E-state index in [1.54, 1.807) is 6.26 Å². The van der Waals surface area contributed by atoms with Crippen LogP contribution < -0.4 is 10.6 Å². The Balaban J connectivity index is 2.74. The molecule has 5 nitrogen and oxygen atoms in total. The van der Waals surface area contributed by atoms with Crippen molar-refractivity contribution in [3.8, 4) is 0 Å². The highest BCUT2D eigenvalue weighted by molar-refractivity contribution is 7.84. The van der Waals surface area contributed by atoms with E-state index >= 15 is 0 Å². The lowest BCUT2D eigenvalue weighted by atomic mass is 10.2. The molecule has 1 rings (SSSR count). The van der Waals surface area contributed by atoms with Crippen molar-refractivity contribution < 1.29 is 4.21 Å². The highest BCUT2D eigenvalue weighted by atomic mass is 32.2. The van der Waals surface area contributed by atoms with E-state index < -0.39 is 10.8 Å². The van der Waals surface area contributed by atoms with Crippen molar-refractivity contribution >= 4 is 22.4 Å². The average molecular weight is 298 g/mol. The number of anilines is 2. The van der Waals surface area contributed by atoms with Crippen LogP contribution in [-0.4, -0.2) is 39.3 Å². The lowest BCUT2D eigenvalue weighted by Crippen LogP contribution is -2.13. The predicted molar refractivity (Wildman–Crippen MR) is 87.0 cm³/mol. The summed E-state index contributed by atoms with van der Waals surface area (Å²) in [5.41, 5.74) is 1.05. The summed E-state index contributed by atoms with van der Waals surface area (Å²) in [5, 5.41) is 6.68. The van der Waals surface area contributed by atoms with Gasteiger partial charge in [-0.3, -0.25) is 4.21 Å². The van der Waals surface area contributed by atoms with Crippen LogP contribution in [0, 0.1) is 6.92 Å². The summed E-state index contributed by atoms with van der Waals surface area (Å²) in [6.45, 7) is 7.91. The maximum Gasteiger partial charge on any atom is 0.134 e. The van der Waals surface area contributed by atoms with E-state index in [1.165, 1.54) is 0 Å². The van der Waals surface area contributed by atoms with Gasteiger partial charge in [0.15, 0.2) is 0 Å². The fourth-order valence-electron chi connectivity index (χ4n) is 1.79. The third kappa shape index (κ3) is 5.45. The summed E-state index contributed by atoms with van der Waals surface area (Å²) in [5.74, 6) is 3.37. The number of aryl methyl sites for hydroxylation is 1. The molecule has 0 radical (unpaired) electrons. The van der Waals surface area contributed by atoms with E-state index in [0.717, 1.165) is 61.1 Å². The average Bonchev–Trinajstić information content (AvgIpc) is 2.43. The molecule has 20 heavy (non-hydrogen) atoms. The van der Waals surface area contributed by atoms with E-state index in [0.29, 0.717) is 0 Å². The molecule has 0 saturated carbocycles. The summed E-state index contributed by atoms with van der Waals surface area (Å²) < 4.78 is 11.0. The quantitative estimate of drug-likeness (QED) is 0.685. The van der Waals surface area contributed by atoms with E-state index in [4.69, 9.17) is 0 Å². The monoisotopic (exact) mass is 298 g/mol. The van der Waals surface area contributed by atoms with Crippen LogP contribution in [-0.2, 0) is 17.2 Å². The number of hydrogen-bond donors (Lipinski definition) is 2. The minimum absolute atomic E-state index is 0.721. The SMILES string of the molecule is CCCNc1nc(CC)nc(NCCCS(C)=O)c1C. The van der Waals surface area contributed by atoms with Crippen molar-refractivity contribution in [1.29, 1.82) is 0 Å². The second kappa shape index (κ2) is 8.89. The van der Waals surface area contributed by atoms with Gasteiger partial charge >= 0.3 is 0 Å². The Labute approximate surface area is 124 Å². The minimum atomic E-state index is -0.729. The van der Waals surface area contributed by atoms with Gasteiger partial charge in [-0.2, -0.15) is 0 Å². The Bertz CT molecular complexity index is 451. The molecule has 0 aliphatic carbocycles. The molecule has 0 fully saturated rings. The number of nitrogens with zero attached hydrogens (tertiary/aromatic N) is 2. The Morgan fingerprint density at radius 1 is 1.10 bits per heavy atom. The zero-order valence-electron chi connectivity index (χ0n) is 13.0. The molecule has 1 unspecified atom stereocenters. The van der Waals surface area contributed by atoms with Crippen LogP contribution >= 0.6 is 0 Å². The van der Waals surface area contributed by atoms with Crippen molar-refractivity contribution in [3.05, 3.63) is 11.4 Å². The van der Waals surface area contributed by atoms with Crippen LogP contribution in [0.1, 0.15) is 38.1 Å². The molecule has 2 N–H and O–H groups in total. The standard InChI is InChI=1S/C14H26N4OS/c1-5-8-15-13-11(3)14(18-12(6-2)17-13)16-9-7-10-20(4)19/h5-10H2,1-4H3,(H2,15,16,17,18). The fraction of sp³-hybridized carbons (Fsp3) is 0.714. The van der Waals surface area contributed by atoms with Crippen LogP contribution in [0.4, 0.5) is 11.6 Å². The van der Waals surface area contributed by atoms with Gasteiger partial charge in [0, 0.05) is 47.9 Å². The molecule has 6 heteroatoms. The van der Waals surface area contributed by atoms with Gasteiger partial charge in [0.1, 0.15) is 17.5 Å². The molecule has 0 aliphatic heterocycles. The molecule has 0 aliphatic rings. The lowest BCUT2D eigenvalue weighted by molar-refractivity contribution is 0.685. The number of nitrogens with one attached hydrogen (secondary N) is 2. The maximum atomic E-state index is 11.0. The number of aromatic nitrogens is 2. The second-order valence-corrected chi connectivity index (χ2v) is 6.35. The summed E-state index contributed by atoms with van der Waals surface area (Å²) >= 11 is 0. The molecule has 0 amide bonds. The minimum Gasteiger partial charge on any atom is -0.370 e. The van der Waals surface area contributed by atoms with Crippen LogP contribution in [0.2, 0.25) is 0 Å². The summed E-state index contributed by atoms with van der Waals surface area (Å²) in [6.07, 6.45) is 4.49. The Morgan fingerprint density at radius 3 is 2.20 bits per heavy atom. The van der Waals surface area contributed by atoms with E-state index in [1.807, 2.05) is 6.92 Å². The molecule has 0 spiro atoms. The first-order valence-corrected chi connectivity index (χ1v) is 8.96. The second-order valence-electron chi connectivity index (χ2n) is 4.80. The summed E-state index contributed by atoms with van der Waals surface area (Å²) in [6, 6.07) is 0. The first-order valence-electron chi connectivity index (χ1n) is 7.23. The van der Waals surface area contributed by atoms with Crippen molar-refractivity contribution in [1.82, 2.24) is 9.97 Å². The van der Waals surface area contributed by atoms with Gasteiger partial charge in [0.2, 0.25) is 0 Å². The van der Waals surface area contributed by atoms with Gasteiger partial charge in [-0.25, -0.2) is 9.97 Å². The Morgan fingerprint density at radius 2 is 1.70 bits per heavy atom. The van der Waals surface area contributed by atoms with Crippen molar-refractivity contribution in [2.24, 2.45) is 0 Å². The molecule has 0 bridgehead atoms. The van der Waals surface area contributed by atoms with Crippen LogP contribution in [0.15, 0.2) is 0 Å². The molecule has 0 aromatic carbocycles. The van der Waals surface area contributed by atoms with E-state index in [2.05, 4.69) is 34.4 Å². The highest BCUT2D eigenvalue weighted by Crippen LogP contribution is 2.20. The first-order chi connectivity index (χ1) is 9.58. The molecule has 0 saturated heterocycles. The summed E-state index contributed by atoms with van der Waals surface area (Å²) in [7, 11) is -0.729. The molecule has 1 aromatic heterocycles. The van der Waals surface area contributed by atoms with Gasteiger partial charge in [0.05, 0.1) is 0 Å². The third-order valence-electron chi connectivity index (χ3n) is 2.95. The van der Waals surface area contributed by atoms with Gasteiger partial charge in [0.25, 0.3) is 0 Å². The largest absolute Gasteiger partial charge is 0.370 e. The zero-order chi connectivity index (χ0) is 15.0. The molecule has 114 valence electrons. The third-order valence-corrected chi connectivity index (χ3v) is 3.82. The van der Waals surface area contributed by atoms with Crippen molar-refractivity contribution in [2.75, 3.05) is 35.7 Å². The van der Waals surface area contributed by atoms with Crippen LogP contribution in [0.5, 0.6) is 0 Å². The number of hydrogen-bond acceptors (Lipinski definition) is 5. The number of rotatable bonds is 9. The smallest absolute Gasteiger partial charge is 0.134 e. The molecular formula is C14H26N4OS. The molecular weight excluding hydrogens is 272 g/mol. The Kier molecular flexibility index (Phi) is 7.51. The normalized spacial score (nSPS) is 12.2. The topological polar surface area (TPSA) is 66.9 Å². The zero-order valence-corrected chi connectivity index (χ0v) is 13.8. The van der Waals surface area contributed by atoms with Gasteiger partial charge in [-0.15, -0.1) is 0 Å². The van der Waals surface area contributed by atoms with Crippen molar-refractivity contribution in [3.63, 3.8) is 0 Å². The molecule has 1 aromatic rings. The first kappa shape index (κ1) is 16.9. The van der Waals surface area contributed by atoms with Crippen LogP contribution in [0.25, 0.3) is 0 Å². The fourth-order valence-corrected chi connectivity index (χ4v) is 2.34. The molecule has 1 heterocycles. The summed E-state index contributed by atoms with van der Waals surface area (Å²) in [4.78, 5) is 9.07. The van der Waals surface area contributed by atoms with Crippen LogP contribution in [0.3, 0.4) is 0 Å². The maximum absolute atomic E-state index is 11.0. The lowest BCUT2D eigenvalue weighted by Gasteiger charge is -2.14. The highest BCUT2D eigenvalue weighted by Gasteiger charge is 2.09. The predicted octanol–water partition coefficient (Wildman–Crippen LogP) is 2.35. The van der Waals surface area contributed by atoms with E-state index in [-0.39, 0.29) is 0 Å². The Hall–Kier alpha value is -1.17. The molecule has 1 atom stereocenters. The van der Waals surface area contributed by atoms with Gasteiger partial charge in [-0.1, -0.05) is 13.8 Å². The van der Waals surface area contributed by atoms with Gasteiger partial charge < -0.3 is 10.6 Å². The van der Waals surface area contributed by atoms with Gasteiger partial charge in [-0.05, 0) is 19.8 Å². The van der Waals surface area contributed by atoms with E-state index in [9.17, 15) is 4.21 Å².